The third-order valence-corrected chi connectivity index (χ3v) is 4.42. The largest absolute Gasteiger partial charge is 0.304 e. The summed E-state index contributed by atoms with van der Waals surface area (Å²) in [4.78, 5) is 12.5. The number of hydrogen-bond donors (Lipinski definition) is 1. The van der Waals surface area contributed by atoms with E-state index in [0.29, 0.717) is 16.2 Å². The molecule has 0 atom stereocenters. The third-order valence-electron chi connectivity index (χ3n) is 3.66. The molecule has 0 unspecified atom stereocenters. The Morgan fingerprint density at radius 3 is 2.60 bits per heavy atom. The van der Waals surface area contributed by atoms with Crippen molar-refractivity contribution in [2.45, 2.75) is 11.9 Å². The molecule has 5 nitrogen and oxygen atoms in total. The van der Waals surface area contributed by atoms with Crippen LogP contribution in [-0.2, 0) is 0 Å². The lowest BCUT2D eigenvalue weighted by Crippen LogP contribution is -2.13. The van der Waals surface area contributed by atoms with E-state index < -0.39 is 0 Å². The number of aryl methyl sites for hydroxylation is 1. The van der Waals surface area contributed by atoms with Crippen LogP contribution >= 0.6 is 11.8 Å². The highest BCUT2D eigenvalue weighted by Gasteiger charge is 2.20. The Morgan fingerprint density at radius 2 is 1.96 bits per heavy atom. The Balaban J connectivity index is 2.01. The number of nitrogens with zero attached hydrogens (tertiary/aromatic N) is 3. The molecule has 0 saturated carbocycles. The van der Waals surface area contributed by atoms with Gasteiger partial charge in [0.05, 0.1) is 5.69 Å². The molecule has 0 aliphatic heterocycles. The Morgan fingerprint density at radius 1 is 1.20 bits per heavy atom. The van der Waals surface area contributed by atoms with E-state index in [2.05, 4.69) is 16.5 Å². The first kappa shape index (κ1) is 16.8. The number of amides is 1. The molecule has 2 aromatic carbocycles. The van der Waals surface area contributed by atoms with Gasteiger partial charge in [-0.05, 0) is 37.4 Å². The summed E-state index contributed by atoms with van der Waals surface area (Å²) < 4.78 is 1.68. The maximum atomic E-state index is 12.5. The van der Waals surface area contributed by atoms with E-state index in [1.807, 2.05) is 55.6 Å². The zero-order valence-corrected chi connectivity index (χ0v) is 14.7. The van der Waals surface area contributed by atoms with E-state index >= 15 is 0 Å². The second-order valence-electron chi connectivity index (χ2n) is 5.42. The van der Waals surface area contributed by atoms with Gasteiger partial charge in [-0.2, -0.15) is 5.26 Å². The standard InChI is InChI=1S/C19H16N4OS/c1-13-7-6-8-14(11-13)18(24)21-17-16(12-20)19(25-2)23(22-17)15-9-4-3-5-10-15/h3-11H,1-2H3,(H,21,22,24). The van der Waals surface area contributed by atoms with Crippen molar-refractivity contribution >= 4 is 23.5 Å². The van der Waals surface area contributed by atoms with Crippen LogP contribution in [0.15, 0.2) is 59.6 Å². The van der Waals surface area contributed by atoms with Crippen LogP contribution in [0.4, 0.5) is 5.82 Å². The highest BCUT2D eigenvalue weighted by molar-refractivity contribution is 7.98. The van der Waals surface area contributed by atoms with Crippen molar-refractivity contribution in [1.29, 1.82) is 5.26 Å². The van der Waals surface area contributed by atoms with Crippen molar-refractivity contribution in [1.82, 2.24) is 9.78 Å². The number of thioether (sulfide) groups is 1. The van der Waals surface area contributed by atoms with Crippen LogP contribution < -0.4 is 5.32 Å². The first-order valence-corrected chi connectivity index (χ1v) is 8.87. The van der Waals surface area contributed by atoms with Gasteiger partial charge in [-0.15, -0.1) is 16.9 Å². The summed E-state index contributed by atoms with van der Waals surface area (Å²) in [5, 5.41) is 17.5. The van der Waals surface area contributed by atoms with Crippen LogP contribution in [0.5, 0.6) is 0 Å². The summed E-state index contributed by atoms with van der Waals surface area (Å²) in [6, 6.07) is 19.0. The van der Waals surface area contributed by atoms with Crippen LogP contribution in [0.2, 0.25) is 0 Å². The molecule has 0 spiro atoms. The lowest BCUT2D eigenvalue weighted by Gasteiger charge is -2.04. The molecule has 0 saturated heterocycles. The molecule has 0 aliphatic carbocycles. The number of hydrogen-bond acceptors (Lipinski definition) is 4. The van der Waals surface area contributed by atoms with E-state index in [9.17, 15) is 10.1 Å². The summed E-state index contributed by atoms with van der Waals surface area (Å²) in [6.07, 6.45) is 1.88. The fraction of sp³-hybridized carbons (Fsp3) is 0.105. The number of nitriles is 1. The van der Waals surface area contributed by atoms with Crippen molar-refractivity contribution in [2.75, 3.05) is 11.6 Å². The van der Waals surface area contributed by atoms with Gasteiger partial charge in [0.1, 0.15) is 16.7 Å². The number of anilines is 1. The van der Waals surface area contributed by atoms with Gasteiger partial charge in [0.25, 0.3) is 5.91 Å². The minimum absolute atomic E-state index is 0.266. The lowest BCUT2D eigenvalue weighted by atomic mass is 10.1. The molecular weight excluding hydrogens is 332 g/mol. The molecule has 0 radical (unpaired) electrons. The number of carbonyl (C=O) groups is 1. The minimum atomic E-state index is -0.287. The predicted molar refractivity (Wildman–Crippen MR) is 99.2 cm³/mol. The van der Waals surface area contributed by atoms with Crippen molar-refractivity contribution in [2.24, 2.45) is 0 Å². The minimum Gasteiger partial charge on any atom is -0.304 e. The van der Waals surface area contributed by atoms with Gasteiger partial charge in [0.15, 0.2) is 5.82 Å². The van der Waals surface area contributed by atoms with E-state index in [1.54, 1.807) is 16.8 Å². The smallest absolute Gasteiger partial charge is 0.256 e. The summed E-state index contributed by atoms with van der Waals surface area (Å²) >= 11 is 1.41. The van der Waals surface area contributed by atoms with Gasteiger partial charge in [0.2, 0.25) is 0 Å². The van der Waals surface area contributed by atoms with Crippen LogP contribution in [0, 0.1) is 18.3 Å². The summed E-state index contributed by atoms with van der Waals surface area (Å²) in [6.45, 7) is 1.92. The second kappa shape index (κ2) is 7.24. The highest BCUT2D eigenvalue weighted by atomic mass is 32.2. The highest BCUT2D eigenvalue weighted by Crippen LogP contribution is 2.29. The average Bonchev–Trinajstić information content (AvgIpc) is 2.99. The number of carbonyl (C=O) groups excluding carboxylic acids is 1. The monoisotopic (exact) mass is 348 g/mol. The van der Waals surface area contributed by atoms with Crippen molar-refractivity contribution < 1.29 is 4.79 Å². The molecule has 124 valence electrons. The lowest BCUT2D eigenvalue weighted by molar-refractivity contribution is 0.102. The fourth-order valence-electron chi connectivity index (χ4n) is 2.49. The Bertz CT molecular complexity index is 957. The quantitative estimate of drug-likeness (QED) is 0.723. The molecule has 3 aromatic rings. The van der Waals surface area contributed by atoms with Crippen molar-refractivity contribution in [3.63, 3.8) is 0 Å². The van der Waals surface area contributed by atoms with Gasteiger partial charge < -0.3 is 5.32 Å². The van der Waals surface area contributed by atoms with E-state index in [1.165, 1.54) is 11.8 Å². The average molecular weight is 348 g/mol. The molecule has 0 aliphatic rings. The predicted octanol–water partition coefficient (Wildman–Crippen LogP) is 4.03. The molecule has 0 bridgehead atoms. The molecule has 0 fully saturated rings. The molecular formula is C19H16N4OS. The van der Waals surface area contributed by atoms with Gasteiger partial charge >= 0.3 is 0 Å². The number of benzene rings is 2. The number of nitrogens with one attached hydrogen (secondary N) is 1. The summed E-state index contributed by atoms with van der Waals surface area (Å²) in [5.41, 5.74) is 2.72. The van der Waals surface area contributed by atoms with Gasteiger partial charge in [-0.3, -0.25) is 4.79 Å². The van der Waals surface area contributed by atoms with Crippen LogP contribution in [0.3, 0.4) is 0 Å². The van der Waals surface area contributed by atoms with Gasteiger partial charge in [-0.25, -0.2) is 4.68 Å². The normalized spacial score (nSPS) is 10.3. The van der Waals surface area contributed by atoms with Gasteiger partial charge in [0, 0.05) is 5.56 Å². The maximum absolute atomic E-state index is 12.5. The van der Waals surface area contributed by atoms with Crippen LogP contribution in [0.1, 0.15) is 21.5 Å². The molecule has 1 N–H and O–H groups in total. The zero-order valence-electron chi connectivity index (χ0n) is 13.9. The topological polar surface area (TPSA) is 70.7 Å². The summed E-state index contributed by atoms with van der Waals surface area (Å²) in [7, 11) is 0. The van der Waals surface area contributed by atoms with E-state index in [-0.39, 0.29) is 11.7 Å². The molecule has 25 heavy (non-hydrogen) atoms. The molecule has 1 amide bonds. The Hall–Kier alpha value is -3.04. The second-order valence-corrected chi connectivity index (χ2v) is 6.21. The van der Waals surface area contributed by atoms with Crippen LogP contribution in [-0.4, -0.2) is 21.9 Å². The zero-order chi connectivity index (χ0) is 17.8. The van der Waals surface area contributed by atoms with Crippen molar-refractivity contribution in [3.05, 3.63) is 71.3 Å². The number of rotatable bonds is 4. The third kappa shape index (κ3) is 3.42. The Kier molecular flexibility index (Phi) is 4.87. The first-order valence-electron chi connectivity index (χ1n) is 7.64. The molecule has 1 heterocycles. The fourth-order valence-corrected chi connectivity index (χ4v) is 3.16. The first-order chi connectivity index (χ1) is 12.1. The SMILES string of the molecule is CSc1c(C#N)c(NC(=O)c2cccc(C)c2)nn1-c1ccccc1. The molecule has 6 heteroatoms. The van der Waals surface area contributed by atoms with Crippen molar-refractivity contribution in [3.8, 4) is 11.8 Å². The van der Waals surface area contributed by atoms with Crippen LogP contribution in [0.25, 0.3) is 5.69 Å². The molecule has 3 rings (SSSR count). The molecule has 1 aromatic heterocycles. The number of para-hydroxylation sites is 1. The Labute approximate surface area is 150 Å². The van der Waals surface area contributed by atoms with E-state index in [4.69, 9.17) is 0 Å². The maximum Gasteiger partial charge on any atom is 0.256 e. The summed E-state index contributed by atoms with van der Waals surface area (Å²) in [5.74, 6) is -0.0206. The van der Waals surface area contributed by atoms with Gasteiger partial charge in [-0.1, -0.05) is 35.9 Å². The number of aromatic nitrogens is 2. The van der Waals surface area contributed by atoms with E-state index in [0.717, 1.165) is 11.3 Å².